The quantitative estimate of drug-likeness (QED) is 0.299. The van der Waals surface area contributed by atoms with Crippen molar-refractivity contribution in [2.45, 2.75) is 183 Å². The van der Waals surface area contributed by atoms with Crippen LogP contribution in [0.1, 0.15) is 179 Å². The molecule has 0 heterocycles. The molecular formula is C41H68P2. The average molecular weight is 623 g/mol. The third-order valence-electron chi connectivity index (χ3n) is 8.45. The van der Waals surface area contributed by atoms with E-state index in [2.05, 4.69) is 175 Å². The van der Waals surface area contributed by atoms with Crippen molar-refractivity contribution in [2.75, 3.05) is 0 Å². The van der Waals surface area contributed by atoms with Crippen LogP contribution in [0.5, 0.6) is 0 Å². The van der Waals surface area contributed by atoms with Gasteiger partial charge in [-0.1, -0.05) is 178 Å². The van der Waals surface area contributed by atoms with E-state index in [-0.39, 0.29) is 37.6 Å². The third kappa shape index (κ3) is 9.29. The molecule has 0 N–H and O–H groups in total. The minimum Gasteiger partial charge on any atom is -0.0670 e. The Morgan fingerprint density at radius 2 is 0.698 bits per heavy atom. The Balaban J connectivity index is 3.14. The molecule has 2 aromatic rings. The maximum absolute atomic E-state index is 2.74. The molecule has 0 fully saturated rings. The molecular weight excluding hydrogens is 554 g/mol. The van der Waals surface area contributed by atoms with Crippen molar-refractivity contribution in [3.63, 3.8) is 0 Å². The molecule has 0 saturated heterocycles. The lowest BCUT2D eigenvalue weighted by Crippen LogP contribution is -2.35. The summed E-state index contributed by atoms with van der Waals surface area (Å²) in [5.41, 5.74) is 12.1. The minimum atomic E-state index is -0.603. The fourth-order valence-electron chi connectivity index (χ4n) is 5.50. The monoisotopic (exact) mass is 622 g/mol. The first-order chi connectivity index (χ1) is 18.8. The number of rotatable bonds is 3. The van der Waals surface area contributed by atoms with Gasteiger partial charge >= 0.3 is 0 Å². The molecule has 0 aliphatic rings. The Labute approximate surface area is 272 Å². The van der Waals surface area contributed by atoms with E-state index in [1.165, 1.54) is 46.9 Å². The maximum Gasteiger partial charge on any atom is 0.00932 e. The smallest absolute Gasteiger partial charge is 0.00932 e. The average Bonchev–Trinajstić information content (AvgIpc) is 2.73. The van der Waals surface area contributed by atoms with Gasteiger partial charge in [-0.3, -0.25) is 0 Å². The van der Waals surface area contributed by atoms with Crippen LogP contribution in [0.2, 0.25) is 0 Å². The molecule has 0 saturated carbocycles. The van der Waals surface area contributed by atoms with Crippen molar-refractivity contribution in [1.29, 1.82) is 0 Å². The van der Waals surface area contributed by atoms with Crippen LogP contribution >= 0.6 is 16.1 Å². The number of benzene rings is 2. The van der Waals surface area contributed by atoms with E-state index in [1.807, 2.05) is 0 Å². The topological polar surface area (TPSA) is 0 Å². The van der Waals surface area contributed by atoms with E-state index >= 15 is 0 Å². The third-order valence-corrected chi connectivity index (χ3v) is 13.0. The Kier molecular flexibility index (Phi) is 10.7. The van der Waals surface area contributed by atoms with Crippen LogP contribution in [-0.2, 0) is 32.5 Å². The predicted octanol–water partition coefficient (Wildman–Crippen LogP) is 12.4. The van der Waals surface area contributed by atoms with Gasteiger partial charge in [-0.2, -0.15) is 0 Å². The molecule has 1 unspecified atom stereocenters. The highest BCUT2D eigenvalue weighted by molar-refractivity contribution is 7.89. The van der Waals surface area contributed by atoms with Gasteiger partial charge in [0.15, 0.2) is 0 Å². The van der Waals surface area contributed by atoms with E-state index in [0.29, 0.717) is 0 Å². The van der Waals surface area contributed by atoms with Crippen LogP contribution in [-0.4, -0.2) is 10.7 Å². The van der Waals surface area contributed by atoms with Gasteiger partial charge in [0.05, 0.1) is 0 Å². The zero-order valence-electron chi connectivity index (χ0n) is 32.3. The summed E-state index contributed by atoms with van der Waals surface area (Å²) in [4.78, 5) is 0. The maximum atomic E-state index is 2.74. The van der Waals surface area contributed by atoms with Crippen molar-refractivity contribution in [3.05, 3.63) is 57.6 Å². The summed E-state index contributed by atoms with van der Waals surface area (Å²) in [6.07, 6.45) is 0. The molecule has 0 aliphatic carbocycles. The largest absolute Gasteiger partial charge is 0.0670 e. The molecule has 242 valence electrons. The van der Waals surface area contributed by atoms with E-state index < -0.39 is 7.92 Å². The summed E-state index contributed by atoms with van der Waals surface area (Å²) in [5.74, 6) is 0. The van der Waals surface area contributed by atoms with Crippen LogP contribution in [0.4, 0.5) is 0 Å². The fourth-order valence-corrected chi connectivity index (χ4v) is 11.3. The summed E-state index contributed by atoms with van der Waals surface area (Å²) in [5, 5.41) is 3.26. The molecule has 2 rings (SSSR count). The van der Waals surface area contributed by atoms with E-state index in [1.54, 1.807) is 5.30 Å². The van der Waals surface area contributed by atoms with Crippen LogP contribution < -0.4 is 10.6 Å². The molecule has 0 bridgehead atoms. The number of hydrogen-bond acceptors (Lipinski definition) is 0. The molecule has 0 nitrogen and oxygen atoms in total. The van der Waals surface area contributed by atoms with Gasteiger partial charge < -0.3 is 0 Å². The van der Waals surface area contributed by atoms with Crippen LogP contribution in [0, 0.1) is 0 Å². The zero-order valence-corrected chi connectivity index (χ0v) is 34.1. The van der Waals surface area contributed by atoms with Gasteiger partial charge in [-0.25, -0.2) is 0 Å². The second kappa shape index (κ2) is 12.0. The second-order valence-corrected chi connectivity index (χ2v) is 24.3. The first kappa shape index (κ1) is 38.2. The standard InChI is InChI=1S/C41H68P2/c1-35(2,3)27-22-29(37(7,8)9)33(30(23-27)38(10,11)12)42-26-43(41(19,20)21)34-31(39(13,14)15)24-28(36(4,5)6)25-32(34)40(16,17)18/h22-26H,1-21H3. The Hall–Kier alpha value is -0.960. The first-order valence-electron chi connectivity index (χ1n) is 16.5. The van der Waals surface area contributed by atoms with Gasteiger partial charge in [0.25, 0.3) is 0 Å². The van der Waals surface area contributed by atoms with E-state index in [9.17, 15) is 0 Å². The lowest BCUT2D eigenvalue weighted by Gasteiger charge is -2.40. The Morgan fingerprint density at radius 1 is 0.419 bits per heavy atom. The van der Waals surface area contributed by atoms with Gasteiger partial charge in [-0.05, 0) is 89.8 Å². The summed E-state index contributed by atoms with van der Waals surface area (Å²) in [6, 6.07) is 10.2. The Morgan fingerprint density at radius 3 is 0.930 bits per heavy atom. The van der Waals surface area contributed by atoms with Crippen molar-refractivity contribution >= 4 is 32.3 Å². The van der Waals surface area contributed by atoms with Gasteiger partial charge in [-0.15, -0.1) is 0 Å². The summed E-state index contributed by atoms with van der Waals surface area (Å²) in [6.45, 7) is 50.4. The Bertz CT molecular complexity index is 1250. The lowest BCUT2D eigenvalue weighted by molar-refractivity contribution is 0.553. The zero-order chi connectivity index (χ0) is 33.9. The highest BCUT2D eigenvalue weighted by atomic mass is 31.1. The fraction of sp³-hybridized carbons (Fsp3) is 0.683. The van der Waals surface area contributed by atoms with Crippen LogP contribution in [0.15, 0.2) is 24.3 Å². The molecule has 2 aromatic carbocycles. The molecule has 0 spiro atoms. The SMILES string of the molecule is CC(C)(C)c1cc(C(C)(C)C)c(P=CP(c2c(C(C)(C)C)cc(C(C)(C)C)cc2C(C)(C)C)C(C)(C)C)c(C(C)(C)C)c1. The predicted molar refractivity (Wildman–Crippen MR) is 204 cm³/mol. The van der Waals surface area contributed by atoms with E-state index in [4.69, 9.17) is 0 Å². The normalized spacial score (nSPS) is 15.4. The molecule has 0 aliphatic heterocycles. The van der Waals surface area contributed by atoms with E-state index in [0.717, 1.165) is 0 Å². The first-order valence-corrected chi connectivity index (χ1v) is 18.9. The molecule has 2 heteroatoms. The molecule has 43 heavy (non-hydrogen) atoms. The van der Waals surface area contributed by atoms with Crippen LogP contribution in [0.3, 0.4) is 0 Å². The summed E-state index contributed by atoms with van der Waals surface area (Å²) < 4.78 is 0. The lowest BCUT2D eigenvalue weighted by atomic mass is 9.75. The molecule has 0 aromatic heterocycles. The minimum absolute atomic E-state index is 0.0503. The molecule has 0 radical (unpaired) electrons. The number of hydrogen-bond donors (Lipinski definition) is 0. The van der Waals surface area contributed by atoms with Gasteiger partial charge in [0.1, 0.15) is 0 Å². The van der Waals surface area contributed by atoms with Gasteiger partial charge in [0, 0.05) is 5.30 Å². The molecule has 1 atom stereocenters. The summed E-state index contributed by atoms with van der Waals surface area (Å²) >= 11 is 0. The van der Waals surface area contributed by atoms with Crippen LogP contribution in [0.25, 0.3) is 0 Å². The van der Waals surface area contributed by atoms with Crippen molar-refractivity contribution in [1.82, 2.24) is 0 Å². The molecule has 0 amide bonds. The van der Waals surface area contributed by atoms with Gasteiger partial charge in [0.2, 0.25) is 0 Å². The van der Waals surface area contributed by atoms with Crippen molar-refractivity contribution in [3.8, 4) is 0 Å². The highest BCUT2D eigenvalue weighted by Gasteiger charge is 2.36. The van der Waals surface area contributed by atoms with Crippen molar-refractivity contribution < 1.29 is 0 Å². The summed E-state index contributed by atoms with van der Waals surface area (Å²) in [7, 11) is 0.741. The van der Waals surface area contributed by atoms with Crippen molar-refractivity contribution in [2.24, 2.45) is 0 Å². The highest BCUT2D eigenvalue weighted by Crippen LogP contribution is 2.52. The second-order valence-electron chi connectivity index (χ2n) is 20.1.